The van der Waals surface area contributed by atoms with Gasteiger partial charge in [-0.3, -0.25) is 9.69 Å². The Morgan fingerprint density at radius 2 is 1.91 bits per heavy atom. The summed E-state index contributed by atoms with van der Waals surface area (Å²) in [5, 5.41) is 0. The van der Waals surface area contributed by atoms with Crippen molar-refractivity contribution in [2.75, 3.05) is 31.6 Å². The van der Waals surface area contributed by atoms with Crippen LogP contribution >= 0.6 is 0 Å². The van der Waals surface area contributed by atoms with E-state index in [0.717, 1.165) is 48.5 Å². The Labute approximate surface area is 190 Å². The van der Waals surface area contributed by atoms with Crippen LogP contribution in [0.2, 0.25) is 0 Å². The molecule has 0 bridgehead atoms. The number of carbonyl (C=O) groups excluding carboxylic acids is 1. The molecule has 2 atom stereocenters. The molecule has 32 heavy (non-hydrogen) atoms. The second-order valence-electron chi connectivity index (χ2n) is 8.59. The van der Waals surface area contributed by atoms with Crippen molar-refractivity contribution in [3.8, 4) is 5.75 Å². The van der Waals surface area contributed by atoms with Gasteiger partial charge in [-0.1, -0.05) is 18.2 Å². The third-order valence-corrected chi connectivity index (χ3v) is 7.88. The van der Waals surface area contributed by atoms with Gasteiger partial charge in [0.15, 0.2) is 0 Å². The maximum Gasteiger partial charge on any atom is 0.240 e. The van der Waals surface area contributed by atoms with Crippen molar-refractivity contribution in [3.05, 3.63) is 53.6 Å². The van der Waals surface area contributed by atoms with Crippen LogP contribution in [-0.4, -0.2) is 52.0 Å². The van der Waals surface area contributed by atoms with E-state index in [2.05, 4.69) is 9.62 Å². The van der Waals surface area contributed by atoms with Crippen molar-refractivity contribution in [1.29, 1.82) is 0 Å². The number of carbonyl (C=O) groups is 1. The molecule has 1 amide bonds. The van der Waals surface area contributed by atoms with Gasteiger partial charge in [-0.25, -0.2) is 13.1 Å². The number of fused-ring (bicyclic) bond motifs is 1. The van der Waals surface area contributed by atoms with Crippen molar-refractivity contribution >= 4 is 21.6 Å². The number of rotatable bonds is 7. The number of ether oxygens (including phenoxy) is 1. The lowest BCUT2D eigenvalue weighted by Crippen LogP contribution is -2.37. The maximum atomic E-state index is 13.2. The van der Waals surface area contributed by atoms with E-state index < -0.39 is 10.0 Å². The van der Waals surface area contributed by atoms with Crippen LogP contribution in [0, 0.1) is 0 Å². The second-order valence-corrected chi connectivity index (χ2v) is 10.4. The van der Waals surface area contributed by atoms with Gasteiger partial charge in [-0.05, 0) is 69.1 Å². The largest absolute Gasteiger partial charge is 0.496 e. The fourth-order valence-corrected chi connectivity index (χ4v) is 6.05. The minimum Gasteiger partial charge on any atom is -0.496 e. The summed E-state index contributed by atoms with van der Waals surface area (Å²) >= 11 is 0. The third-order valence-electron chi connectivity index (χ3n) is 6.46. The number of para-hydroxylation sites is 1. The summed E-state index contributed by atoms with van der Waals surface area (Å²) in [7, 11) is -2.07. The van der Waals surface area contributed by atoms with Crippen LogP contribution < -0.4 is 14.4 Å². The first-order valence-electron chi connectivity index (χ1n) is 11.1. The molecule has 0 unspecified atom stereocenters. The highest BCUT2D eigenvalue weighted by molar-refractivity contribution is 7.89. The number of nitrogens with zero attached hydrogens (tertiary/aromatic N) is 2. The van der Waals surface area contributed by atoms with Crippen LogP contribution in [0.1, 0.15) is 43.9 Å². The van der Waals surface area contributed by atoms with Gasteiger partial charge in [0.05, 0.1) is 18.0 Å². The summed E-state index contributed by atoms with van der Waals surface area (Å²) in [6.45, 7) is 5.63. The molecule has 172 valence electrons. The van der Waals surface area contributed by atoms with Crippen LogP contribution in [0.5, 0.6) is 5.75 Å². The maximum absolute atomic E-state index is 13.2. The Hall–Kier alpha value is -2.42. The molecule has 1 saturated heterocycles. The topological polar surface area (TPSA) is 79.0 Å². The number of benzene rings is 2. The number of sulfonamides is 1. The Bertz CT molecular complexity index is 1100. The molecule has 2 aliphatic rings. The van der Waals surface area contributed by atoms with Gasteiger partial charge >= 0.3 is 0 Å². The molecule has 7 nitrogen and oxygen atoms in total. The summed E-state index contributed by atoms with van der Waals surface area (Å²) in [5.74, 6) is 0.731. The van der Waals surface area contributed by atoms with Gasteiger partial charge in [0.25, 0.3) is 0 Å². The Kier molecular flexibility index (Phi) is 6.55. The molecule has 0 saturated carbocycles. The van der Waals surface area contributed by atoms with Crippen molar-refractivity contribution in [3.63, 3.8) is 0 Å². The molecule has 0 radical (unpaired) electrons. The predicted octanol–water partition coefficient (Wildman–Crippen LogP) is 3.11. The Morgan fingerprint density at radius 3 is 2.59 bits per heavy atom. The number of anilines is 1. The second kappa shape index (κ2) is 9.21. The minimum atomic E-state index is -3.71. The first-order chi connectivity index (χ1) is 15.3. The minimum absolute atomic E-state index is 0.0264. The summed E-state index contributed by atoms with van der Waals surface area (Å²) < 4.78 is 34.8. The number of likely N-dealkylation sites (tertiary alicyclic amines) is 1. The highest BCUT2D eigenvalue weighted by Crippen LogP contribution is 2.35. The van der Waals surface area contributed by atoms with Gasteiger partial charge < -0.3 is 9.64 Å². The average molecular weight is 458 g/mol. The van der Waals surface area contributed by atoms with E-state index in [0.29, 0.717) is 6.42 Å². The highest BCUT2D eigenvalue weighted by Gasteiger charge is 2.31. The van der Waals surface area contributed by atoms with Crippen LogP contribution in [0.15, 0.2) is 47.4 Å². The van der Waals surface area contributed by atoms with Gasteiger partial charge in [0.2, 0.25) is 15.9 Å². The lowest BCUT2D eigenvalue weighted by atomic mass is 10.0. The standard InChI is InChI=1S/C24H31N3O4S/c1-17-14-19-15-20(10-11-22(19)27(17)18(2)28)32(29,30)25-16-23(26-12-6-7-13-26)21-8-4-5-9-24(21)31-3/h4-5,8-11,15,17,23,25H,6-7,12-14,16H2,1-3H3/t17-,23-/m1/s1. The number of hydrogen-bond acceptors (Lipinski definition) is 5. The monoisotopic (exact) mass is 457 g/mol. The molecular weight excluding hydrogens is 426 g/mol. The van der Waals surface area contributed by atoms with Gasteiger partial charge in [-0.15, -0.1) is 0 Å². The molecule has 2 aromatic rings. The van der Waals surface area contributed by atoms with Gasteiger partial charge in [-0.2, -0.15) is 0 Å². The lowest BCUT2D eigenvalue weighted by Gasteiger charge is -2.29. The first-order valence-corrected chi connectivity index (χ1v) is 12.6. The fraction of sp³-hybridized carbons (Fsp3) is 0.458. The van der Waals surface area contributed by atoms with E-state index in [1.807, 2.05) is 31.2 Å². The van der Waals surface area contributed by atoms with E-state index in [4.69, 9.17) is 4.74 Å². The van der Waals surface area contributed by atoms with E-state index in [9.17, 15) is 13.2 Å². The molecule has 4 rings (SSSR count). The average Bonchev–Trinajstić information content (AvgIpc) is 3.40. The van der Waals surface area contributed by atoms with E-state index in [1.165, 1.54) is 6.92 Å². The molecule has 0 spiro atoms. The van der Waals surface area contributed by atoms with Crippen molar-refractivity contribution < 1.29 is 17.9 Å². The summed E-state index contributed by atoms with van der Waals surface area (Å²) in [6.07, 6.45) is 2.86. The Balaban J connectivity index is 1.57. The zero-order chi connectivity index (χ0) is 22.9. The molecule has 0 aliphatic carbocycles. The molecule has 2 aromatic carbocycles. The predicted molar refractivity (Wildman–Crippen MR) is 124 cm³/mol. The smallest absolute Gasteiger partial charge is 0.240 e. The normalized spacial score (nSPS) is 19.7. The van der Waals surface area contributed by atoms with Crippen LogP contribution in [0.3, 0.4) is 0 Å². The van der Waals surface area contributed by atoms with Crippen LogP contribution in [-0.2, 0) is 21.2 Å². The number of hydrogen-bond donors (Lipinski definition) is 1. The Morgan fingerprint density at radius 1 is 1.19 bits per heavy atom. The molecule has 0 aromatic heterocycles. The molecule has 1 fully saturated rings. The van der Waals surface area contributed by atoms with E-state index in [-0.39, 0.29) is 29.4 Å². The number of amides is 1. The molecule has 2 heterocycles. The van der Waals surface area contributed by atoms with Crippen molar-refractivity contribution in [2.45, 2.75) is 50.1 Å². The lowest BCUT2D eigenvalue weighted by molar-refractivity contribution is -0.116. The summed E-state index contributed by atoms with van der Waals surface area (Å²) in [5.41, 5.74) is 2.67. The summed E-state index contributed by atoms with van der Waals surface area (Å²) in [6, 6.07) is 12.7. The molecule has 1 N–H and O–H groups in total. The molecular formula is C24H31N3O4S. The molecule has 2 aliphatic heterocycles. The fourth-order valence-electron chi connectivity index (χ4n) is 4.96. The number of methoxy groups -OCH3 is 1. The van der Waals surface area contributed by atoms with Crippen LogP contribution in [0.4, 0.5) is 5.69 Å². The highest BCUT2D eigenvalue weighted by atomic mass is 32.2. The van der Waals surface area contributed by atoms with Crippen molar-refractivity contribution in [1.82, 2.24) is 9.62 Å². The van der Waals surface area contributed by atoms with E-state index >= 15 is 0 Å². The SMILES string of the molecule is COc1ccccc1[C@@H](CNS(=O)(=O)c1ccc2c(c1)C[C@@H](C)N2C(C)=O)N1CCCC1. The first kappa shape index (κ1) is 22.8. The third kappa shape index (κ3) is 4.40. The zero-order valence-electron chi connectivity index (χ0n) is 18.9. The zero-order valence-corrected chi connectivity index (χ0v) is 19.7. The van der Waals surface area contributed by atoms with Crippen LogP contribution in [0.25, 0.3) is 0 Å². The molecule has 8 heteroatoms. The summed E-state index contributed by atoms with van der Waals surface area (Å²) in [4.78, 5) is 16.2. The van der Waals surface area contributed by atoms with E-state index in [1.54, 1.807) is 30.2 Å². The van der Waals surface area contributed by atoms with Crippen molar-refractivity contribution in [2.24, 2.45) is 0 Å². The van der Waals surface area contributed by atoms with Gasteiger partial charge in [0.1, 0.15) is 5.75 Å². The number of nitrogens with one attached hydrogen (secondary N) is 1. The quantitative estimate of drug-likeness (QED) is 0.691. The van der Waals surface area contributed by atoms with Gasteiger partial charge in [0, 0.05) is 30.8 Å².